The van der Waals surface area contributed by atoms with Crippen LogP contribution in [-0.2, 0) is 0 Å². The highest BCUT2D eigenvalue weighted by Gasteiger charge is 2.08. The largest absolute Gasteiger partial charge is 0.493 e. The van der Waals surface area contributed by atoms with E-state index in [-0.39, 0.29) is 11.1 Å². The Kier molecular flexibility index (Phi) is 6.54. The molecule has 0 radical (unpaired) electrons. The summed E-state index contributed by atoms with van der Waals surface area (Å²) in [4.78, 5) is 0. The maximum Gasteiger partial charge on any atom is 0.161 e. The predicted molar refractivity (Wildman–Crippen MR) is 101 cm³/mol. The van der Waals surface area contributed by atoms with Crippen LogP contribution in [0.4, 0.5) is 5.69 Å². The van der Waals surface area contributed by atoms with Crippen LogP contribution in [-0.4, -0.2) is 20.4 Å². The van der Waals surface area contributed by atoms with E-state index in [0.717, 1.165) is 5.56 Å². The molecule has 0 amide bonds. The zero-order chi connectivity index (χ0) is 19.6. The summed E-state index contributed by atoms with van der Waals surface area (Å²) in [6.45, 7) is 0. The fourth-order valence-corrected chi connectivity index (χ4v) is 2.23. The number of allylic oxidation sites excluding steroid dienone is 2. The topological polar surface area (TPSA) is 114 Å². The molecule has 0 fully saturated rings. The van der Waals surface area contributed by atoms with E-state index in [2.05, 4.69) is 10.5 Å². The molecule has 0 saturated carbocycles. The monoisotopic (exact) mass is 357 g/mol. The number of methoxy groups -OCH3 is 2. The number of benzene rings is 2. The van der Waals surface area contributed by atoms with Crippen molar-refractivity contribution < 1.29 is 9.47 Å². The molecule has 0 aliphatic carbocycles. The number of hydrogen-bond donors (Lipinski definition) is 1. The smallest absolute Gasteiger partial charge is 0.161 e. The second-order valence-electron chi connectivity index (χ2n) is 5.15. The third-order valence-electron chi connectivity index (χ3n) is 3.57. The average Bonchev–Trinajstić information content (AvgIpc) is 2.72. The van der Waals surface area contributed by atoms with E-state index >= 15 is 0 Å². The summed E-state index contributed by atoms with van der Waals surface area (Å²) in [5.74, 6) is 1.24. The zero-order valence-electron chi connectivity index (χ0n) is 14.7. The number of anilines is 1. The highest BCUT2D eigenvalue weighted by Crippen LogP contribution is 2.27. The molecule has 2 rings (SSSR count). The van der Waals surface area contributed by atoms with E-state index in [1.54, 1.807) is 69.0 Å². The van der Waals surface area contributed by atoms with Crippen molar-refractivity contribution in [3.63, 3.8) is 0 Å². The van der Waals surface area contributed by atoms with E-state index in [4.69, 9.17) is 25.3 Å². The second-order valence-corrected chi connectivity index (χ2v) is 5.15. The van der Waals surface area contributed by atoms with Gasteiger partial charge in [0.25, 0.3) is 0 Å². The van der Waals surface area contributed by atoms with Gasteiger partial charge in [-0.25, -0.2) is 0 Å². The predicted octanol–water partition coefficient (Wildman–Crippen LogP) is 3.47. The van der Waals surface area contributed by atoms with Gasteiger partial charge in [-0.15, -0.1) is 0 Å². The lowest BCUT2D eigenvalue weighted by molar-refractivity contribution is 0.355. The fourth-order valence-electron chi connectivity index (χ4n) is 2.23. The summed E-state index contributed by atoms with van der Waals surface area (Å²) in [7, 11) is 3.13. The molecule has 0 saturated heterocycles. The van der Waals surface area contributed by atoms with E-state index in [1.165, 1.54) is 0 Å². The van der Waals surface area contributed by atoms with Gasteiger partial charge in [-0.2, -0.15) is 20.9 Å². The Bertz CT molecular complexity index is 987. The molecule has 0 aliphatic heterocycles. The number of rotatable bonds is 6. The first-order valence-corrected chi connectivity index (χ1v) is 7.73. The van der Waals surface area contributed by atoms with Gasteiger partial charge in [0.15, 0.2) is 11.5 Å². The van der Waals surface area contributed by atoms with Gasteiger partial charge in [-0.1, -0.05) is 12.1 Å². The molecule has 0 unspecified atom stereocenters. The first kappa shape index (κ1) is 19.1. The lowest BCUT2D eigenvalue weighted by atomic mass is 10.0. The number of nitrogens with one attached hydrogen (secondary N) is 1. The quantitative estimate of drug-likeness (QED) is 0.481. The van der Waals surface area contributed by atoms with Crippen LogP contribution in [0.1, 0.15) is 11.1 Å². The minimum atomic E-state index is -0.218. The van der Waals surface area contributed by atoms with Crippen LogP contribution in [0.25, 0.3) is 5.57 Å². The van der Waals surface area contributed by atoms with Crippen molar-refractivity contribution in [3.05, 3.63) is 59.2 Å². The van der Waals surface area contributed by atoms with Crippen LogP contribution in [0.3, 0.4) is 0 Å². The van der Waals surface area contributed by atoms with Crippen molar-refractivity contribution >= 4 is 17.5 Å². The van der Waals surface area contributed by atoms with Gasteiger partial charge >= 0.3 is 0 Å². The van der Waals surface area contributed by atoms with Crippen LogP contribution in [0.15, 0.2) is 53.1 Å². The molecule has 7 nitrogen and oxygen atoms in total. The van der Waals surface area contributed by atoms with Crippen molar-refractivity contribution in [2.45, 2.75) is 0 Å². The third-order valence-corrected chi connectivity index (χ3v) is 3.57. The zero-order valence-corrected chi connectivity index (χ0v) is 14.7. The van der Waals surface area contributed by atoms with Gasteiger partial charge in [0.2, 0.25) is 0 Å². The summed E-state index contributed by atoms with van der Waals surface area (Å²) >= 11 is 0. The number of nitriles is 3. The molecule has 2 aromatic rings. The number of ether oxygens (including phenoxy) is 2. The average molecular weight is 357 g/mol. The minimum absolute atomic E-state index is 0.0420. The van der Waals surface area contributed by atoms with Gasteiger partial charge in [-0.3, -0.25) is 5.43 Å². The molecule has 7 heteroatoms. The number of hydrogen-bond acceptors (Lipinski definition) is 7. The number of nitrogens with zero attached hydrogens (tertiary/aromatic N) is 4. The van der Waals surface area contributed by atoms with Gasteiger partial charge in [0.05, 0.1) is 31.7 Å². The maximum atomic E-state index is 9.16. The third kappa shape index (κ3) is 4.63. The normalized spacial score (nSPS) is 9.59. The van der Waals surface area contributed by atoms with Crippen molar-refractivity contribution in [3.8, 4) is 29.7 Å². The Morgan fingerprint density at radius 1 is 0.926 bits per heavy atom. The molecule has 2 aromatic carbocycles. The van der Waals surface area contributed by atoms with Crippen LogP contribution in [0, 0.1) is 34.0 Å². The lowest BCUT2D eigenvalue weighted by Crippen LogP contribution is -1.94. The molecule has 0 spiro atoms. The van der Waals surface area contributed by atoms with Crippen molar-refractivity contribution in [2.75, 3.05) is 19.6 Å². The lowest BCUT2D eigenvalue weighted by Gasteiger charge is -2.07. The summed E-state index contributed by atoms with van der Waals surface area (Å²) in [5, 5.41) is 31.1. The molecule has 27 heavy (non-hydrogen) atoms. The molecule has 0 bridgehead atoms. The maximum absolute atomic E-state index is 9.16. The van der Waals surface area contributed by atoms with Crippen LogP contribution in [0.5, 0.6) is 11.5 Å². The first-order chi connectivity index (χ1) is 13.2. The van der Waals surface area contributed by atoms with Crippen LogP contribution in [0.2, 0.25) is 0 Å². The van der Waals surface area contributed by atoms with Gasteiger partial charge in [0.1, 0.15) is 23.8 Å². The Morgan fingerprint density at radius 3 is 2.15 bits per heavy atom. The molecular formula is C20H15N5O2. The van der Waals surface area contributed by atoms with Crippen LogP contribution >= 0.6 is 0 Å². The fraction of sp³-hybridized carbons (Fsp3) is 0.100. The van der Waals surface area contributed by atoms with Gasteiger partial charge < -0.3 is 9.47 Å². The summed E-state index contributed by atoms with van der Waals surface area (Å²) in [5.41, 5.74) is 4.69. The Balaban J connectivity index is 2.13. The first-order valence-electron chi connectivity index (χ1n) is 7.73. The molecule has 1 N–H and O–H groups in total. The van der Waals surface area contributed by atoms with Crippen molar-refractivity contribution in [2.24, 2.45) is 5.10 Å². The molecular weight excluding hydrogens is 342 g/mol. The van der Waals surface area contributed by atoms with Gasteiger partial charge in [-0.05, 0) is 41.5 Å². The summed E-state index contributed by atoms with van der Waals surface area (Å²) < 4.78 is 10.4. The van der Waals surface area contributed by atoms with Crippen molar-refractivity contribution in [1.29, 1.82) is 15.8 Å². The Morgan fingerprint density at radius 2 is 1.59 bits per heavy atom. The summed E-state index contributed by atoms with van der Waals surface area (Å²) in [6.07, 6.45) is 1.62. The second kappa shape index (κ2) is 9.27. The molecule has 0 aliphatic rings. The van der Waals surface area contributed by atoms with Crippen molar-refractivity contribution in [1.82, 2.24) is 0 Å². The minimum Gasteiger partial charge on any atom is -0.493 e. The SMILES string of the molecule is COc1ccc(C=NNc2ccc(C(C#N)=C(C#N)C#N)cc2)cc1OC. The molecule has 0 heterocycles. The standard InChI is InChI=1S/C20H15N5O2/c1-26-19-8-3-14(9-20(19)27-2)13-24-25-17-6-4-15(5-7-17)18(12-23)16(10-21)11-22/h3-9,13,25H,1-2H3. The summed E-state index contributed by atoms with van der Waals surface area (Å²) in [6, 6.07) is 17.4. The van der Waals surface area contributed by atoms with E-state index in [1.807, 2.05) is 12.1 Å². The Hall–Kier alpha value is -4.28. The van der Waals surface area contributed by atoms with E-state index in [9.17, 15) is 0 Å². The molecule has 0 atom stereocenters. The highest BCUT2D eigenvalue weighted by molar-refractivity contribution is 5.85. The number of hydrazone groups is 1. The highest BCUT2D eigenvalue weighted by atomic mass is 16.5. The van der Waals surface area contributed by atoms with Crippen LogP contribution < -0.4 is 14.9 Å². The van der Waals surface area contributed by atoms with E-state index < -0.39 is 0 Å². The van der Waals surface area contributed by atoms with E-state index in [0.29, 0.717) is 22.7 Å². The molecule has 0 aromatic heterocycles. The Labute approximate surface area is 157 Å². The van der Waals surface area contributed by atoms with Gasteiger partial charge in [0, 0.05) is 0 Å². The molecule has 132 valence electrons.